The van der Waals surface area contributed by atoms with Gasteiger partial charge in [0.05, 0.1) is 26.0 Å². The first kappa shape index (κ1) is 25.0. The van der Waals surface area contributed by atoms with Gasteiger partial charge < -0.3 is 19.1 Å². The number of methoxy groups -OCH3 is 1. The van der Waals surface area contributed by atoms with Crippen molar-refractivity contribution >= 4 is 21.7 Å². The molecule has 0 bridgehead atoms. The summed E-state index contributed by atoms with van der Waals surface area (Å²) in [6, 6.07) is 17.7. The normalized spacial score (nSPS) is 11.0. The zero-order valence-electron chi connectivity index (χ0n) is 18.9. The number of para-hydroxylation sites is 1. The maximum absolute atomic E-state index is 12.7. The lowest BCUT2D eigenvalue weighted by Gasteiger charge is -2.24. The van der Waals surface area contributed by atoms with Gasteiger partial charge in [-0.2, -0.15) is 8.42 Å². The van der Waals surface area contributed by atoms with E-state index in [4.69, 9.17) is 18.8 Å². The second kappa shape index (κ2) is 11.5. The van der Waals surface area contributed by atoms with Crippen molar-refractivity contribution in [3.05, 3.63) is 72.4 Å². The van der Waals surface area contributed by atoms with Crippen LogP contribution in [0.1, 0.15) is 18.9 Å². The van der Waals surface area contributed by atoms with E-state index in [2.05, 4.69) is 4.98 Å². The number of carbonyl (C=O) groups is 1. The van der Waals surface area contributed by atoms with Crippen LogP contribution >= 0.6 is 0 Å². The third kappa shape index (κ3) is 7.19. The van der Waals surface area contributed by atoms with Crippen LogP contribution in [-0.4, -0.2) is 43.3 Å². The third-order valence-electron chi connectivity index (χ3n) is 4.78. The summed E-state index contributed by atoms with van der Waals surface area (Å²) >= 11 is 0. The Morgan fingerprint density at radius 1 is 1.06 bits per heavy atom. The number of carbonyl (C=O) groups excluding carboxylic acids is 1. The minimum atomic E-state index is -4.07. The lowest BCUT2D eigenvalue weighted by molar-refractivity contribution is -0.116. The summed E-state index contributed by atoms with van der Waals surface area (Å²) in [5.41, 5.74) is 1.11. The highest BCUT2D eigenvalue weighted by Crippen LogP contribution is 2.33. The highest BCUT2D eigenvalue weighted by atomic mass is 32.2. The SMILES string of the molecule is COc1ccc(OCCCS(=O)(=O)O)c(CN(C(C)=O)c2cccnc2Oc2ccccc2)c1. The molecule has 10 heteroatoms. The van der Waals surface area contributed by atoms with Gasteiger partial charge in [0.15, 0.2) is 0 Å². The number of hydrogen-bond donors (Lipinski definition) is 1. The summed E-state index contributed by atoms with van der Waals surface area (Å²) in [5, 5.41) is 0. The van der Waals surface area contributed by atoms with Crippen molar-refractivity contribution in [3.63, 3.8) is 0 Å². The van der Waals surface area contributed by atoms with Gasteiger partial charge in [0.1, 0.15) is 22.9 Å². The van der Waals surface area contributed by atoms with Crippen LogP contribution in [0.5, 0.6) is 23.1 Å². The Labute approximate surface area is 198 Å². The quantitative estimate of drug-likeness (QED) is 0.318. The number of nitrogens with zero attached hydrogens (tertiary/aromatic N) is 2. The van der Waals surface area contributed by atoms with Crippen molar-refractivity contribution in [1.29, 1.82) is 0 Å². The van der Waals surface area contributed by atoms with Gasteiger partial charge in [-0.15, -0.1) is 0 Å². The molecule has 2 aromatic carbocycles. The molecular weight excluding hydrogens is 460 g/mol. The monoisotopic (exact) mass is 486 g/mol. The van der Waals surface area contributed by atoms with E-state index in [0.717, 1.165) is 0 Å². The van der Waals surface area contributed by atoms with E-state index in [1.54, 1.807) is 48.7 Å². The second-order valence-electron chi connectivity index (χ2n) is 7.31. The number of anilines is 1. The molecule has 0 spiro atoms. The average molecular weight is 487 g/mol. The van der Waals surface area contributed by atoms with Crippen molar-refractivity contribution in [1.82, 2.24) is 4.98 Å². The van der Waals surface area contributed by atoms with Gasteiger partial charge in [-0.05, 0) is 48.9 Å². The molecule has 180 valence electrons. The number of hydrogen-bond acceptors (Lipinski definition) is 7. The summed E-state index contributed by atoms with van der Waals surface area (Å²) in [5.74, 6) is 1.21. The van der Waals surface area contributed by atoms with Crippen LogP contribution in [-0.2, 0) is 21.5 Å². The van der Waals surface area contributed by atoms with Crippen LogP contribution in [0.15, 0.2) is 66.9 Å². The van der Waals surface area contributed by atoms with Crippen molar-refractivity contribution in [3.8, 4) is 23.1 Å². The van der Waals surface area contributed by atoms with Crippen molar-refractivity contribution in [2.24, 2.45) is 0 Å². The van der Waals surface area contributed by atoms with Crippen LogP contribution < -0.4 is 19.1 Å². The van der Waals surface area contributed by atoms with E-state index < -0.39 is 15.9 Å². The Morgan fingerprint density at radius 3 is 2.50 bits per heavy atom. The van der Waals surface area contributed by atoms with E-state index in [-0.39, 0.29) is 31.4 Å². The molecule has 0 fully saturated rings. The fourth-order valence-electron chi connectivity index (χ4n) is 3.17. The second-order valence-corrected chi connectivity index (χ2v) is 8.88. The van der Waals surface area contributed by atoms with Crippen LogP contribution in [0.25, 0.3) is 0 Å². The molecule has 1 heterocycles. The molecule has 1 aromatic heterocycles. The van der Waals surface area contributed by atoms with Gasteiger partial charge in [0.25, 0.3) is 10.1 Å². The van der Waals surface area contributed by atoms with Gasteiger partial charge in [-0.3, -0.25) is 9.35 Å². The molecule has 1 N–H and O–H groups in total. The smallest absolute Gasteiger partial charge is 0.264 e. The lowest BCUT2D eigenvalue weighted by Crippen LogP contribution is -2.28. The molecular formula is C24H26N2O7S. The van der Waals surface area contributed by atoms with E-state index in [0.29, 0.717) is 28.5 Å². The topological polar surface area (TPSA) is 115 Å². The molecule has 0 aliphatic heterocycles. The Kier molecular flexibility index (Phi) is 8.44. The van der Waals surface area contributed by atoms with Crippen LogP contribution in [0, 0.1) is 0 Å². The number of amides is 1. The summed E-state index contributed by atoms with van der Waals surface area (Å²) < 4.78 is 47.8. The fraction of sp³-hybridized carbons (Fsp3) is 0.250. The van der Waals surface area contributed by atoms with Gasteiger partial charge in [-0.1, -0.05) is 18.2 Å². The van der Waals surface area contributed by atoms with Gasteiger partial charge >= 0.3 is 0 Å². The Bertz CT molecular complexity index is 1220. The molecule has 0 aliphatic carbocycles. The van der Waals surface area contributed by atoms with E-state index in [1.165, 1.54) is 18.9 Å². The van der Waals surface area contributed by atoms with Crippen LogP contribution in [0.4, 0.5) is 5.69 Å². The van der Waals surface area contributed by atoms with Crippen molar-refractivity contribution in [2.45, 2.75) is 19.9 Å². The first-order valence-corrected chi connectivity index (χ1v) is 12.1. The average Bonchev–Trinajstić information content (AvgIpc) is 2.81. The Balaban J connectivity index is 1.88. The maximum Gasteiger partial charge on any atom is 0.264 e. The van der Waals surface area contributed by atoms with Crippen molar-refractivity contribution < 1.29 is 32.0 Å². The maximum atomic E-state index is 12.7. The van der Waals surface area contributed by atoms with Crippen molar-refractivity contribution in [2.75, 3.05) is 24.4 Å². The first-order valence-electron chi connectivity index (χ1n) is 10.5. The summed E-state index contributed by atoms with van der Waals surface area (Å²) in [4.78, 5) is 18.5. The van der Waals surface area contributed by atoms with Crippen LogP contribution in [0.3, 0.4) is 0 Å². The molecule has 0 saturated heterocycles. The predicted octanol–water partition coefficient (Wildman–Crippen LogP) is 4.09. The van der Waals surface area contributed by atoms with E-state index in [9.17, 15) is 13.2 Å². The van der Waals surface area contributed by atoms with Crippen LogP contribution in [0.2, 0.25) is 0 Å². The molecule has 0 saturated carbocycles. The molecule has 0 aliphatic rings. The highest BCUT2D eigenvalue weighted by Gasteiger charge is 2.21. The zero-order chi connectivity index (χ0) is 24.6. The summed E-state index contributed by atoms with van der Waals surface area (Å²) in [6.07, 6.45) is 1.69. The Hall–Kier alpha value is -3.63. The number of ether oxygens (including phenoxy) is 3. The lowest BCUT2D eigenvalue weighted by atomic mass is 10.1. The fourth-order valence-corrected chi connectivity index (χ4v) is 3.66. The van der Waals surface area contributed by atoms with E-state index in [1.807, 2.05) is 18.2 Å². The predicted molar refractivity (Wildman–Crippen MR) is 127 cm³/mol. The minimum absolute atomic E-state index is 0.0639. The van der Waals surface area contributed by atoms with Gasteiger partial charge in [0, 0.05) is 18.7 Å². The number of pyridine rings is 1. The molecule has 0 atom stereocenters. The standard InChI is InChI=1S/C24H26N2O7S/c1-18(27)26(22-10-6-13-25-24(22)33-20-8-4-3-5-9-20)17-19-16-21(31-2)11-12-23(19)32-14-7-15-34(28,29)30/h3-6,8-13,16H,7,14-15,17H2,1-2H3,(H,28,29,30). The third-order valence-corrected chi connectivity index (χ3v) is 5.58. The number of rotatable bonds is 11. The molecule has 0 unspecified atom stereocenters. The summed E-state index contributed by atoms with van der Waals surface area (Å²) in [6.45, 7) is 1.62. The first-order chi connectivity index (χ1) is 16.3. The van der Waals surface area contributed by atoms with E-state index >= 15 is 0 Å². The number of benzene rings is 2. The highest BCUT2D eigenvalue weighted by molar-refractivity contribution is 7.85. The zero-order valence-corrected chi connectivity index (χ0v) is 19.7. The van der Waals surface area contributed by atoms with Gasteiger partial charge in [-0.25, -0.2) is 4.98 Å². The van der Waals surface area contributed by atoms with Gasteiger partial charge in [0.2, 0.25) is 11.8 Å². The molecule has 1 amide bonds. The molecule has 3 rings (SSSR count). The molecule has 9 nitrogen and oxygen atoms in total. The number of aromatic nitrogens is 1. The molecule has 0 radical (unpaired) electrons. The minimum Gasteiger partial charge on any atom is -0.497 e. The molecule has 3 aromatic rings. The largest absolute Gasteiger partial charge is 0.497 e. The molecule has 34 heavy (non-hydrogen) atoms. The summed E-state index contributed by atoms with van der Waals surface area (Å²) in [7, 11) is -2.54. The Morgan fingerprint density at radius 2 is 1.82 bits per heavy atom.